The number of hydrogen-bond acceptors (Lipinski definition) is 6. The molecule has 7 nitrogen and oxygen atoms in total. The van der Waals surface area contributed by atoms with Gasteiger partial charge in [0.25, 0.3) is 5.91 Å². The van der Waals surface area contributed by atoms with Crippen LogP contribution in [-0.2, 0) is 4.74 Å². The predicted octanol–water partition coefficient (Wildman–Crippen LogP) is 3.34. The number of nitrogens with zero attached hydrogens (tertiary/aromatic N) is 2. The van der Waals surface area contributed by atoms with Crippen LogP contribution in [0.2, 0.25) is 5.02 Å². The number of fused-ring (bicyclic) bond motifs is 2. The third-order valence-corrected chi connectivity index (χ3v) is 5.60. The smallest absolute Gasteiger partial charge is 0.337 e. The molecular weight excluding hydrogens is 420 g/mol. The molecule has 2 aromatic carbocycles. The molecule has 2 heterocycles. The summed E-state index contributed by atoms with van der Waals surface area (Å²) >= 11 is 6.09. The zero-order valence-electron chi connectivity index (χ0n) is 17.3. The first-order chi connectivity index (χ1) is 14.8. The number of hydrogen-bond donors (Lipinski definition) is 0. The molecule has 3 aromatic rings. The number of ether oxygens (including phenoxy) is 1. The lowest BCUT2D eigenvalue weighted by Crippen LogP contribution is -2.35. The fraction of sp³-hybridized carbons (Fsp3) is 0.261. The molecule has 0 N–H and O–H groups in total. The van der Waals surface area contributed by atoms with Crippen LogP contribution >= 0.6 is 11.6 Å². The number of esters is 1. The summed E-state index contributed by atoms with van der Waals surface area (Å²) in [5.41, 5.74) is 1.39. The summed E-state index contributed by atoms with van der Waals surface area (Å²) in [4.78, 5) is 42.1. The molecule has 1 aliphatic heterocycles. The summed E-state index contributed by atoms with van der Waals surface area (Å²) in [6.07, 6.45) is 0. The Hall–Kier alpha value is -3.16. The number of carbonyl (C=O) groups excluding carboxylic acids is 2. The lowest BCUT2D eigenvalue weighted by atomic mass is 9.97. The second-order valence-electron chi connectivity index (χ2n) is 7.63. The van der Waals surface area contributed by atoms with Gasteiger partial charge in [0.2, 0.25) is 5.76 Å². The number of likely N-dealkylation sites (N-methyl/N-ethyl adjacent to an activating group) is 1. The Balaban J connectivity index is 1.89. The molecule has 4 rings (SSSR count). The Kier molecular flexibility index (Phi) is 5.56. The third-order valence-electron chi connectivity index (χ3n) is 5.36. The summed E-state index contributed by atoms with van der Waals surface area (Å²) in [6.45, 7) is 1.01. The molecule has 0 bridgehead atoms. The van der Waals surface area contributed by atoms with Gasteiger partial charge in [-0.05, 0) is 50.0 Å². The topological polar surface area (TPSA) is 80.1 Å². The molecule has 160 valence electrons. The average Bonchev–Trinajstić information content (AvgIpc) is 3.04. The lowest BCUT2D eigenvalue weighted by Gasteiger charge is -2.26. The second-order valence-corrected chi connectivity index (χ2v) is 8.07. The average molecular weight is 441 g/mol. The molecule has 0 aliphatic carbocycles. The van der Waals surface area contributed by atoms with E-state index in [1.165, 1.54) is 7.11 Å². The molecule has 1 amide bonds. The van der Waals surface area contributed by atoms with E-state index < -0.39 is 12.0 Å². The molecule has 0 fully saturated rings. The first-order valence-electron chi connectivity index (χ1n) is 9.72. The highest BCUT2D eigenvalue weighted by Gasteiger charge is 2.42. The van der Waals surface area contributed by atoms with Gasteiger partial charge in [0.05, 0.1) is 29.7 Å². The third kappa shape index (κ3) is 3.71. The maximum absolute atomic E-state index is 13.4. The van der Waals surface area contributed by atoms with Crippen LogP contribution in [0.3, 0.4) is 0 Å². The van der Waals surface area contributed by atoms with Crippen LogP contribution in [0.4, 0.5) is 0 Å². The van der Waals surface area contributed by atoms with Crippen molar-refractivity contribution in [2.24, 2.45) is 0 Å². The van der Waals surface area contributed by atoms with E-state index in [0.29, 0.717) is 40.2 Å². The Morgan fingerprint density at radius 1 is 1.16 bits per heavy atom. The maximum atomic E-state index is 13.4. The first-order valence-corrected chi connectivity index (χ1v) is 10.1. The van der Waals surface area contributed by atoms with Crippen LogP contribution in [0, 0.1) is 0 Å². The van der Waals surface area contributed by atoms with Gasteiger partial charge in [-0.25, -0.2) is 4.79 Å². The number of rotatable bonds is 5. The van der Waals surface area contributed by atoms with Crippen LogP contribution in [0.15, 0.2) is 51.7 Å². The Morgan fingerprint density at radius 2 is 1.87 bits per heavy atom. The number of methoxy groups -OCH3 is 1. The highest BCUT2D eigenvalue weighted by Crippen LogP contribution is 2.38. The normalized spacial score (nSPS) is 15.6. The zero-order valence-corrected chi connectivity index (χ0v) is 18.1. The Labute approximate surface area is 183 Å². The van der Waals surface area contributed by atoms with Crippen molar-refractivity contribution in [2.45, 2.75) is 6.04 Å². The minimum atomic E-state index is -0.631. The van der Waals surface area contributed by atoms with E-state index in [2.05, 4.69) is 0 Å². The Morgan fingerprint density at radius 3 is 2.52 bits per heavy atom. The van der Waals surface area contributed by atoms with Gasteiger partial charge in [0.1, 0.15) is 5.58 Å². The van der Waals surface area contributed by atoms with E-state index in [1.807, 2.05) is 19.0 Å². The fourth-order valence-corrected chi connectivity index (χ4v) is 3.97. The van der Waals surface area contributed by atoms with Gasteiger partial charge in [0.15, 0.2) is 5.43 Å². The largest absolute Gasteiger partial charge is 0.465 e. The molecule has 0 saturated carbocycles. The van der Waals surface area contributed by atoms with E-state index in [0.717, 1.165) is 0 Å². The predicted molar refractivity (Wildman–Crippen MR) is 117 cm³/mol. The fourth-order valence-electron chi connectivity index (χ4n) is 3.80. The molecule has 0 unspecified atom stereocenters. The molecule has 1 aromatic heterocycles. The summed E-state index contributed by atoms with van der Waals surface area (Å²) in [5, 5.41) is 0.734. The zero-order chi connectivity index (χ0) is 22.3. The number of amides is 1. The van der Waals surface area contributed by atoms with E-state index in [1.54, 1.807) is 47.4 Å². The maximum Gasteiger partial charge on any atom is 0.337 e. The van der Waals surface area contributed by atoms with Crippen molar-refractivity contribution in [1.29, 1.82) is 0 Å². The van der Waals surface area contributed by atoms with Crippen LogP contribution in [0.5, 0.6) is 0 Å². The van der Waals surface area contributed by atoms with Gasteiger partial charge in [-0.1, -0.05) is 23.7 Å². The summed E-state index contributed by atoms with van der Waals surface area (Å²) in [5.74, 6) is -0.757. The van der Waals surface area contributed by atoms with Crippen molar-refractivity contribution < 1.29 is 18.7 Å². The van der Waals surface area contributed by atoms with Crippen LogP contribution in [0.25, 0.3) is 11.0 Å². The molecular formula is C23H21ClN2O5. The van der Waals surface area contributed by atoms with Crippen molar-refractivity contribution in [3.63, 3.8) is 0 Å². The van der Waals surface area contributed by atoms with E-state index in [9.17, 15) is 14.4 Å². The molecule has 0 radical (unpaired) electrons. The lowest BCUT2D eigenvalue weighted by molar-refractivity contribution is 0.0599. The van der Waals surface area contributed by atoms with Gasteiger partial charge in [-0.15, -0.1) is 0 Å². The quantitative estimate of drug-likeness (QED) is 0.566. The standard InChI is InChI=1S/C23H21ClN2O5/c1-25(2)10-11-26-19(13-4-6-14(7-5-13)23(29)30-3)18-20(27)16-12-15(24)8-9-17(16)31-21(18)22(26)28/h4-9,12,19H,10-11H2,1-3H3/t19-/m1/s1. The van der Waals surface area contributed by atoms with Crippen molar-refractivity contribution >= 4 is 34.4 Å². The number of halogens is 1. The minimum Gasteiger partial charge on any atom is -0.465 e. The van der Waals surface area contributed by atoms with Crippen LogP contribution in [-0.4, -0.2) is 56.0 Å². The van der Waals surface area contributed by atoms with Crippen molar-refractivity contribution in [3.05, 3.63) is 80.2 Å². The summed E-state index contributed by atoms with van der Waals surface area (Å²) < 4.78 is 10.6. The van der Waals surface area contributed by atoms with Gasteiger partial charge in [0, 0.05) is 18.1 Å². The highest BCUT2D eigenvalue weighted by atomic mass is 35.5. The van der Waals surface area contributed by atoms with E-state index in [-0.39, 0.29) is 22.7 Å². The molecule has 1 aliphatic rings. The minimum absolute atomic E-state index is 0.0422. The molecule has 0 saturated heterocycles. The van der Waals surface area contributed by atoms with E-state index >= 15 is 0 Å². The first kappa shape index (κ1) is 21.1. The van der Waals surface area contributed by atoms with Crippen molar-refractivity contribution in [3.8, 4) is 0 Å². The molecule has 8 heteroatoms. The number of carbonyl (C=O) groups is 2. The highest BCUT2D eigenvalue weighted by molar-refractivity contribution is 6.31. The number of benzene rings is 2. The van der Waals surface area contributed by atoms with Crippen LogP contribution < -0.4 is 5.43 Å². The van der Waals surface area contributed by atoms with Gasteiger partial charge in [-0.3, -0.25) is 9.59 Å². The van der Waals surface area contributed by atoms with E-state index in [4.69, 9.17) is 20.8 Å². The monoisotopic (exact) mass is 440 g/mol. The molecule has 31 heavy (non-hydrogen) atoms. The second kappa shape index (κ2) is 8.17. The van der Waals surface area contributed by atoms with Crippen LogP contribution in [0.1, 0.15) is 38.1 Å². The van der Waals surface area contributed by atoms with Crippen molar-refractivity contribution in [2.75, 3.05) is 34.3 Å². The summed E-state index contributed by atoms with van der Waals surface area (Å²) in [7, 11) is 5.13. The summed E-state index contributed by atoms with van der Waals surface area (Å²) in [6, 6.07) is 10.8. The SMILES string of the molecule is COC(=O)c1ccc([C@@H]2c3c(oc4ccc(Cl)cc4c3=O)C(=O)N2CCN(C)C)cc1. The Bertz CT molecular complexity index is 1230. The van der Waals surface area contributed by atoms with Gasteiger partial charge < -0.3 is 19.0 Å². The van der Waals surface area contributed by atoms with Crippen molar-refractivity contribution in [1.82, 2.24) is 9.80 Å². The van der Waals surface area contributed by atoms with Gasteiger partial charge in [-0.2, -0.15) is 0 Å². The van der Waals surface area contributed by atoms with Gasteiger partial charge >= 0.3 is 5.97 Å². The molecule has 0 spiro atoms. The molecule has 1 atom stereocenters.